The van der Waals surface area contributed by atoms with Crippen LogP contribution in [0.3, 0.4) is 0 Å². The summed E-state index contributed by atoms with van der Waals surface area (Å²) in [6.45, 7) is 0. The summed E-state index contributed by atoms with van der Waals surface area (Å²) < 4.78 is 68.4. The van der Waals surface area contributed by atoms with Crippen LogP contribution >= 0.6 is 24.5 Å². The van der Waals surface area contributed by atoms with Gasteiger partial charge >= 0.3 is 43.7 Å². The third kappa shape index (κ3) is 8.79. The van der Waals surface area contributed by atoms with E-state index in [1.165, 1.54) is 30.3 Å². The Morgan fingerprint density at radius 1 is 0.911 bits per heavy atom. The maximum absolute atomic E-state index is 12.2. The van der Waals surface area contributed by atoms with Crippen molar-refractivity contribution in [2.45, 2.75) is 14.7 Å². The van der Waals surface area contributed by atoms with Crippen LogP contribution in [0.1, 0.15) is 10.4 Å². The van der Waals surface area contributed by atoms with Crippen molar-refractivity contribution in [1.82, 2.24) is 0 Å². The Morgan fingerprint density at radius 3 is 2.00 bits per heavy atom. The number of azo groups is 2. The fraction of sp³-hybridized carbons (Fsp3) is 0. The second-order valence-corrected chi connectivity index (χ2v) is 22.5. The number of rotatable bonds is 8. The molecule has 4 aromatic rings. The molecule has 0 aliphatic rings. The van der Waals surface area contributed by atoms with Gasteiger partial charge in [0.25, 0.3) is 10.1 Å². The molecule has 0 radical (unpaired) electrons. The molecule has 2 atom stereocenters. The van der Waals surface area contributed by atoms with Gasteiger partial charge in [0.1, 0.15) is 27.2 Å². The largest absolute Gasteiger partial charge is 1.00 e. The average molecular weight is 711 g/mol. The van der Waals surface area contributed by atoms with Crippen LogP contribution in [0.4, 0.5) is 28.4 Å². The Kier molecular flexibility index (Phi) is 12.7. The van der Waals surface area contributed by atoms with Crippen LogP contribution in [0.15, 0.2) is 95.8 Å². The number of aromatic hydroxyl groups is 1. The zero-order valence-corrected chi connectivity index (χ0v) is 28.7. The Bertz CT molecular complexity index is 2220. The monoisotopic (exact) mass is 711 g/mol. The minimum Gasteiger partial charge on any atom is -0.744 e. The standard InChI is InChI=1S/C23H19N5O9P3S3.2Li/c24-19-18-11(9-16(42(35,36)37)20(19)27-25-12-5-7-13(8-6-12)41(32,33)34)10-17(43(38,39)40)21(22(18)29)28-26-15-4-2-1-3-14(15)23(30)31;;/h1-10,29,38H,24,39H2,(H,30,31)(H,32,33,34)(H,35,36,37);;/q-1;2*+1/p-1. The van der Waals surface area contributed by atoms with Crippen molar-refractivity contribution in [1.29, 1.82) is 0 Å². The third-order valence-corrected chi connectivity index (χ3v) is 10.4. The molecular weight excluding hydrogens is 693 g/mol. The van der Waals surface area contributed by atoms with Crippen molar-refractivity contribution in [3.63, 3.8) is 0 Å². The number of nitrogen functional groups attached to an aromatic ring is 1. The van der Waals surface area contributed by atoms with E-state index < -0.39 is 61.1 Å². The summed E-state index contributed by atoms with van der Waals surface area (Å²) in [5.74, 6) is -1.88. The van der Waals surface area contributed by atoms with Crippen LogP contribution in [-0.4, -0.2) is 42.1 Å². The molecule has 0 saturated heterocycles. The topological polar surface area (TPSA) is 245 Å². The van der Waals surface area contributed by atoms with E-state index in [2.05, 4.69) is 44.9 Å². The van der Waals surface area contributed by atoms with Crippen molar-refractivity contribution in [2.24, 2.45) is 20.5 Å². The first-order valence-electron chi connectivity index (χ1n) is 11.3. The minimum absolute atomic E-state index is 0. The Balaban J connectivity index is 0.00000353. The van der Waals surface area contributed by atoms with Gasteiger partial charge in [0.15, 0.2) is 5.75 Å². The van der Waals surface area contributed by atoms with Gasteiger partial charge in [0.2, 0.25) is 0 Å². The predicted octanol–water partition coefficient (Wildman–Crippen LogP) is 0.502. The molecule has 0 aliphatic carbocycles. The van der Waals surface area contributed by atoms with E-state index in [1.807, 2.05) is 0 Å². The molecule has 224 valence electrons. The maximum atomic E-state index is 12.2. The minimum atomic E-state index is -5.21. The van der Waals surface area contributed by atoms with Gasteiger partial charge in [0.05, 0.1) is 32.1 Å². The zero-order valence-electron chi connectivity index (χ0n) is 23.2. The summed E-state index contributed by atoms with van der Waals surface area (Å²) in [6, 6.07) is 12.4. The number of carboxylic acids is 1. The van der Waals surface area contributed by atoms with Crippen LogP contribution in [0.25, 0.3) is 10.8 Å². The van der Waals surface area contributed by atoms with E-state index in [4.69, 9.17) is 10.3 Å². The first-order valence-corrected chi connectivity index (χ1v) is 19.5. The van der Waals surface area contributed by atoms with E-state index in [1.54, 1.807) is 0 Å². The molecule has 2 unspecified atom stereocenters. The van der Waals surface area contributed by atoms with Gasteiger partial charge in [-0.3, -0.25) is 4.55 Å². The zero-order chi connectivity index (χ0) is 31.9. The quantitative estimate of drug-likeness (QED) is 0.0648. The number of anilines is 1. The molecule has 0 heterocycles. The number of phenolic OH excluding ortho intramolecular Hbond substituents is 1. The number of hydrogen-bond acceptors (Lipinski definition) is 12. The van der Waals surface area contributed by atoms with Gasteiger partial charge in [-0.1, -0.05) is 12.1 Å². The van der Waals surface area contributed by atoms with Gasteiger partial charge < -0.3 is 36.5 Å². The van der Waals surface area contributed by atoms with E-state index in [0.29, 0.717) is 0 Å². The van der Waals surface area contributed by atoms with Crippen LogP contribution in [-0.2, 0) is 28.2 Å². The molecule has 4 rings (SSSR count). The van der Waals surface area contributed by atoms with Gasteiger partial charge in [-0.25, -0.2) is 13.2 Å². The maximum Gasteiger partial charge on any atom is 1.00 e. The smallest absolute Gasteiger partial charge is 0.744 e. The molecule has 4 aromatic carbocycles. The number of benzene rings is 4. The number of aromatic carboxylic acids is 1. The fourth-order valence-electron chi connectivity index (χ4n) is 3.78. The predicted molar refractivity (Wildman–Crippen MR) is 167 cm³/mol. The molecule has 0 aromatic heterocycles. The van der Waals surface area contributed by atoms with Crippen LogP contribution in [0.2, 0.25) is 0 Å². The molecule has 0 bridgehead atoms. The summed E-state index contributed by atoms with van der Waals surface area (Å²) in [7, 11) is -1.65. The number of carboxylic acid groups (broad SMARTS) is 1. The molecule has 0 spiro atoms. The molecule has 0 aliphatic heterocycles. The summed E-state index contributed by atoms with van der Waals surface area (Å²) in [6.07, 6.45) is 0. The molecule has 22 heteroatoms. The van der Waals surface area contributed by atoms with E-state index in [-0.39, 0.29) is 76.0 Å². The SMILES string of the molecule is Nc1c(N=Nc2ccc(S(=O)(=O)O)cc2)c(S(=O)(=O)[O-])cc2cc(S(=[P-])(=P)P)c(N=Nc3ccccc3C(=O)O)c(O)c12.[Li+].[Li+]. The molecule has 0 amide bonds. The molecule has 45 heavy (non-hydrogen) atoms. The average Bonchev–Trinajstić information content (AvgIpc) is 2.90. The molecule has 5 N–H and O–H groups in total. The van der Waals surface area contributed by atoms with Crippen molar-refractivity contribution in [2.75, 3.05) is 5.73 Å². The van der Waals surface area contributed by atoms with E-state index >= 15 is 0 Å². The number of hydrogen-bond donors (Lipinski definition) is 4. The molecule has 14 nitrogen and oxygen atoms in total. The summed E-state index contributed by atoms with van der Waals surface area (Å²) in [5.41, 5.74) is 4.75. The first-order chi connectivity index (χ1) is 19.9. The van der Waals surface area contributed by atoms with Gasteiger partial charge in [0, 0.05) is 4.90 Å². The molecular formula is C23H18Li2N5O9P3S3. The van der Waals surface area contributed by atoms with Crippen molar-refractivity contribution < 1.29 is 78.7 Å². The summed E-state index contributed by atoms with van der Waals surface area (Å²) in [5, 5.41) is 36.3. The van der Waals surface area contributed by atoms with Crippen molar-refractivity contribution >= 4 is 97.9 Å². The summed E-state index contributed by atoms with van der Waals surface area (Å²) in [4.78, 5) is 10.5. The number of phenols is 1. The number of fused-ring (bicyclic) bond motifs is 1. The molecule has 0 fully saturated rings. The first kappa shape index (κ1) is 39.0. The Labute approximate surface area is 287 Å². The molecule has 0 saturated carbocycles. The van der Waals surface area contributed by atoms with Crippen molar-refractivity contribution in [3.05, 3.63) is 66.2 Å². The normalized spacial score (nSPS) is 13.3. The van der Waals surface area contributed by atoms with Gasteiger partial charge in [-0.2, -0.15) is 13.5 Å². The van der Waals surface area contributed by atoms with Crippen LogP contribution in [0.5, 0.6) is 5.75 Å². The number of nitrogens with zero attached hydrogens (tertiary/aromatic N) is 4. The van der Waals surface area contributed by atoms with Gasteiger partial charge in [-0.15, -0.1) is 31.8 Å². The second kappa shape index (κ2) is 14.7. The Morgan fingerprint density at radius 2 is 1.47 bits per heavy atom. The van der Waals surface area contributed by atoms with Gasteiger partial charge in [-0.05, 0) is 53.9 Å². The Hall–Kier alpha value is -2.20. The second-order valence-electron chi connectivity index (χ2n) is 8.58. The van der Waals surface area contributed by atoms with Crippen molar-refractivity contribution in [3.8, 4) is 5.75 Å². The van der Waals surface area contributed by atoms with Crippen LogP contribution in [0, 0.1) is 0 Å². The number of carbonyl (C=O) groups is 1. The van der Waals surface area contributed by atoms with Crippen LogP contribution < -0.4 is 43.5 Å². The fourth-order valence-corrected chi connectivity index (χ4v) is 7.08. The summed E-state index contributed by atoms with van der Waals surface area (Å²) >= 11 is 0. The van der Waals surface area contributed by atoms with E-state index in [0.717, 1.165) is 30.3 Å². The number of nitrogens with two attached hydrogens (primary N) is 1. The third-order valence-electron chi connectivity index (χ3n) is 5.71. The van der Waals surface area contributed by atoms with E-state index in [9.17, 15) is 36.4 Å².